The van der Waals surface area contributed by atoms with Crippen molar-refractivity contribution in [1.29, 1.82) is 0 Å². The normalized spacial score (nSPS) is 23.1. The van der Waals surface area contributed by atoms with E-state index in [-0.39, 0.29) is 49.4 Å². The van der Waals surface area contributed by atoms with Gasteiger partial charge in [-0.1, -0.05) is 54.6 Å². The number of piperazine rings is 1. The van der Waals surface area contributed by atoms with Gasteiger partial charge in [0.25, 0.3) is 0 Å². The number of aromatic hydroxyl groups is 1. The number of phenols is 1. The molecule has 3 fully saturated rings. The Morgan fingerprint density at radius 3 is 2.16 bits per heavy atom. The number of piperidine rings is 2. The van der Waals surface area contributed by atoms with Crippen molar-refractivity contribution in [2.45, 2.75) is 76.7 Å². The summed E-state index contributed by atoms with van der Waals surface area (Å²) in [4.78, 5) is 58.3. The van der Waals surface area contributed by atoms with E-state index in [1.165, 1.54) is 11.8 Å². The minimum Gasteiger partial charge on any atom is -0.508 e. The smallest absolute Gasteiger partial charge is 0.243 e. The van der Waals surface area contributed by atoms with Crippen LogP contribution >= 0.6 is 11.6 Å². The first-order valence-corrected chi connectivity index (χ1v) is 22.0. The molecule has 4 aliphatic heterocycles. The van der Waals surface area contributed by atoms with Crippen LogP contribution in [0.5, 0.6) is 5.75 Å². The van der Waals surface area contributed by atoms with Gasteiger partial charge in [-0.05, 0) is 121 Å². The number of Topliss-reactive ketones (excluding diaryl/α,β-unsaturated/α-hetero) is 1. The Labute approximate surface area is 362 Å². The Hall–Kier alpha value is -5.36. The zero-order valence-electron chi connectivity index (χ0n) is 34.7. The summed E-state index contributed by atoms with van der Waals surface area (Å²) in [5.74, 6) is -0.717. The first-order valence-electron chi connectivity index (χ1n) is 21.4. The van der Waals surface area contributed by atoms with E-state index in [1.807, 2.05) is 30.3 Å². The largest absolute Gasteiger partial charge is 0.508 e. The van der Waals surface area contributed by atoms with E-state index in [2.05, 4.69) is 70.3 Å². The molecule has 0 spiro atoms. The van der Waals surface area contributed by atoms with Gasteiger partial charge < -0.3 is 14.9 Å². The Morgan fingerprint density at radius 1 is 0.885 bits per heavy atom. The number of benzene rings is 4. The molecule has 318 valence electrons. The number of nitrogens with zero attached hydrogens (tertiary/aromatic N) is 4. The van der Waals surface area contributed by atoms with Crippen molar-refractivity contribution >= 4 is 58.0 Å². The van der Waals surface area contributed by atoms with Crippen LogP contribution in [-0.2, 0) is 25.7 Å². The molecule has 4 aromatic carbocycles. The van der Waals surface area contributed by atoms with Crippen LogP contribution in [0, 0.1) is 11.7 Å². The van der Waals surface area contributed by atoms with E-state index in [1.54, 1.807) is 23.1 Å². The number of carbonyl (C=O) groups is 4. The third-order valence-corrected chi connectivity index (χ3v) is 13.2. The molecular formula is C49H53ClFN5O5. The van der Waals surface area contributed by atoms with E-state index < -0.39 is 29.6 Å². The molecule has 2 N–H and O–H groups in total. The quantitative estimate of drug-likeness (QED) is 0.0497. The van der Waals surface area contributed by atoms with E-state index in [4.69, 9.17) is 11.6 Å². The molecule has 0 bridgehead atoms. The molecule has 12 heteroatoms. The number of ketones is 1. The van der Waals surface area contributed by atoms with Crippen molar-refractivity contribution in [2.75, 3.05) is 48.4 Å². The minimum absolute atomic E-state index is 0.0184. The number of anilines is 2. The van der Waals surface area contributed by atoms with Crippen LogP contribution in [0.1, 0.15) is 79.8 Å². The highest BCUT2D eigenvalue weighted by Gasteiger charge is 2.44. The summed E-state index contributed by atoms with van der Waals surface area (Å²) in [6, 6.07) is 27.9. The third-order valence-electron chi connectivity index (χ3n) is 13.0. The molecule has 10 nitrogen and oxygen atoms in total. The predicted octanol–water partition coefficient (Wildman–Crippen LogP) is 7.36. The maximum atomic E-state index is 16.0. The van der Waals surface area contributed by atoms with Gasteiger partial charge in [0, 0.05) is 69.3 Å². The van der Waals surface area contributed by atoms with Crippen LogP contribution in [0.2, 0.25) is 0 Å². The first-order chi connectivity index (χ1) is 29.5. The Balaban J connectivity index is 0.917. The van der Waals surface area contributed by atoms with Crippen LogP contribution in [0.25, 0.3) is 11.1 Å². The van der Waals surface area contributed by atoms with Gasteiger partial charge >= 0.3 is 0 Å². The SMILES string of the molecule is CC1CN(CC2CCN(c3ccc(C(=C(CCCl)c4ccccc4)c4ccc(O)cc4)cc3)CC2)CC(C)N1c1cc2c(cc1F)CN(C1CCC(=O)NC1=O)C2C(=O)C=O. The Morgan fingerprint density at radius 2 is 1.54 bits per heavy atom. The molecule has 8 rings (SSSR count). The lowest BCUT2D eigenvalue weighted by Crippen LogP contribution is -2.58. The number of amides is 2. The summed E-state index contributed by atoms with van der Waals surface area (Å²) >= 11 is 6.37. The number of nitrogens with one attached hydrogen (secondary N) is 1. The van der Waals surface area contributed by atoms with Crippen LogP contribution in [0.15, 0.2) is 91.0 Å². The van der Waals surface area contributed by atoms with Crippen LogP contribution in [0.4, 0.5) is 15.8 Å². The van der Waals surface area contributed by atoms with E-state index in [9.17, 15) is 24.3 Å². The minimum atomic E-state index is -1.01. The number of phenolic OH excluding ortho intramolecular Hbond substituents is 1. The first kappa shape index (κ1) is 42.3. The highest BCUT2D eigenvalue weighted by molar-refractivity contribution is 6.27. The molecule has 4 unspecified atom stereocenters. The number of hydrogen-bond acceptors (Lipinski definition) is 9. The number of allylic oxidation sites excluding steroid dienone is 1. The Bertz CT molecular complexity index is 2280. The molecule has 0 radical (unpaired) electrons. The van der Waals surface area contributed by atoms with Crippen molar-refractivity contribution in [3.05, 3.63) is 125 Å². The van der Waals surface area contributed by atoms with Gasteiger partial charge in [-0.15, -0.1) is 11.6 Å². The average molecular weight is 846 g/mol. The lowest BCUT2D eigenvalue weighted by atomic mass is 9.88. The summed E-state index contributed by atoms with van der Waals surface area (Å²) in [6.07, 6.45) is 3.46. The number of fused-ring (bicyclic) bond motifs is 1. The predicted molar refractivity (Wildman–Crippen MR) is 237 cm³/mol. The molecular weight excluding hydrogens is 793 g/mol. The zero-order chi connectivity index (χ0) is 42.8. The highest BCUT2D eigenvalue weighted by Crippen LogP contribution is 2.42. The molecule has 4 aliphatic rings. The molecule has 0 aromatic heterocycles. The lowest BCUT2D eigenvalue weighted by Gasteiger charge is -2.47. The second kappa shape index (κ2) is 18.3. The van der Waals surface area contributed by atoms with Gasteiger partial charge in [0.1, 0.15) is 17.6 Å². The molecule has 4 aromatic rings. The van der Waals surface area contributed by atoms with Gasteiger partial charge in [-0.25, -0.2) is 4.39 Å². The fraction of sp³-hybridized carbons (Fsp3) is 0.388. The van der Waals surface area contributed by atoms with Gasteiger partial charge in [0.05, 0.1) is 11.7 Å². The Kier molecular flexibility index (Phi) is 12.7. The van der Waals surface area contributed by atoms with Crippen molar-refractivity contribution in [3.8, 4) is 5.75 Å². The van der Waals surface area contributed by atoms with Crippen molar-refractivity contribution < 1.29 is 28.7 Å². The molecule has 0 aliphatic carbocycles. The number of halogens is 2. The second-order valence-corrected chi connectivity index (χ2v) is 17.4. The monoisotopic (exact) mass is 845 g/mol. The standard InChI is InChI=1S/C49H53ClFN5O5/c1-31-26-53(27-32(2)56(31)44-25-41-37(24-42(44)51)29-55(48(41)45(59)30-57)43-16-17-46(60)52-49(43)61)28-33-19-22-54(23-20-33)38-12-8-35(9-13-38)47(36-10-14-39(58)15-11-36)40(18-21-50)34-6-4-3-5-7-34/h3-15,24-25,30-33,43,48,58H,16-23,26-29H2,1-2H3,(H,52,60,61). The lowest BCUT2D eigenvalue weighted by molar-refractivity contribution is -0.141. The molecule has 3 saturated heterocycles. The maximum absolute atomic E-state index is 16.0. The van der Waals surface area contributed by atoms with Crippen LogP contribution in [-0.4, -0.2) is 95.5 Å². The number of aldehydes is 1. The summed E-state index contributed by atoms with van der Waals surface area (Å²) in [5, 5.41) is 12.4. The van der Waals surface area contributed by atoms with Gasteiger partial charge in [0.15, 0.2) is 6.29 Å². The molecule has 61 heavy (non-hydrogen) atoms. The topological polar surface area (TPSA) is 114 Å². The van der Waals surface area contributed by atoms with Gasteiger partial charge in [0.2, 0.25) is 17.6 Å². The second-order valence-electron chi connectivity index (χ2n) is 17.1. The fourth-order valence-corrected chi connectivity index (χ4v) is 10.5. The van der Waals surface area contributed by atoms with E-state index >= 15 is 4.39 Å². The van der Waals surface area contributed by atoms with Gasteiger partial charge in [-0.2, -0.15) is 0 Å². The fourth-order valence-electron chi connectivity index (χ4n) is 10.3. The summed E-state index contributed by atoms with van der Waals surface area (Å²) in [5.41, 5.74) is 8.21. The summed E-state index contributed by atoms with van der Waals surface area (Å²) < 4.78 is 16.0. The summed E-state index contributed by atoms with van der Waals surface area (Å²) in [7, 11) is 0. The van der Waals surface area contributed by atoms with Gasteiger partial charge in [-0.3, -0.25) is 34.3 Å². The molecule has 4 atom stereocenters. The van der Waals surface area contributed by atoms with Crippen molar-refractivity contribution in [2.24, 2.45) is 5.92 Å². The number of imide groups is 1. The van der Waals surface area contributed by atoms with E-state index in [0.29, 0.717) is 35.0 Å². The highest BCUT2D eigenvalue weighted by atomic mass is 35.5. The van der Waals surface area contributed by atoms with E-state index in [0.717, 1.165) is 73.4 Å². The number of alkyl halides is 1. The average Bonchev–Trinajstić information content (AvgIpc) is 3.62. The number of carbonyl (C=O) groups excluding carboxylic acids is 4. The number of rotatable bonds is 12. The third kappa shape index (κ3) is 8.87. The van der Waals surface area contributed by atoms with Crippen LogP contribution < -0.4 is 15.1 Å². The zero-order valence-corrected chi connectivity index (χ0v) is 35.5. The number of hydrogen-bond donors (Lipinski definition) is 2. The van der Waals surface area contributed by atoms with Crippen molar-refractivity contribution in [1.82, 2.24) is 15.1 Å². The van der Waals surface area contributed by atoms with Crippen LogP contribution in [0.3, 0.4) is 0 Å². The molecule has 0 saturated carbocycles. The maximum Gasteiger partial charge on any atom is 0.243 e. The summed E-state index contributed by atoms with van der Waals surface area (Å²) in [6.45, 7) is 8.72. The van der Waals surface area contributed by atoms with Crippen molar-refractivity contribution in [3.63, 3.8) is 0 Å². The molecule has 2 amide bonds. The molecule has 4 heterocycles.